The lowest BCUT2D eigenvalue weighted by Gasteiger charge is -2.12. The van der Waals surface area contributed by atoms with Crippen molar-refractivity contribution >= 4 is 23.3 Å². The summed E-state index contributed by atoms with van der Waals surface area (Å²) in [6.07, 6.45) is 3.30. The summed E-state index contributed by atoms with van der Waals surface area (Å²) in [4.78, 5) is 42.0. The zero-order valence-electron chi connectivity index (χ0n) is 13.7. The fourth-order valence-electron chi connectivity index (χ4n) is 3.73. The molecular formula is C19H17N3O3. The van der Waals surface area contributed by atoms with Gasteiger partial charge in [0, 0.05) is 24.5 Å². The number of fused-ring (bicyclic) bond motifs is 2. The topological polar surface area (TPSA) is 88.2 Å². The van der Waals surface area contributed by atoms with E-state index in [2.05, 4.69) is 15.6 Å². The van der Waals surface area contributed by atoms with Gasteiger partial charge in [-0.15, -0.1) is 0 Å². The second-order valence-corrected chi connectivity index (χ2v) is 6.68. The Labute approximate surface area is 144 Å². The second-order valence-electron chi connectivity index (χ2n) is 6.68. The third kappa shape index (κ3) is 2.33. The molecule has 0 bridgehead atoms. The molecule has 2 aliphatic rings. The second kappa shape index (κ2) is 5.51. The lowest BCUT2D eigenvalue weighted by molar-refractivity contribution is -0.125. The molecule has 0 spiro atoms. The van der Waals surface area contributed by atoms with Crippen molar-refractivity contribution in [3.05, 3.63) is 59.9 Å². The van der Waals surface area contributed by atoms with Crippen molar-refractivity contribution in [1.29, 1.82) is 0 Å². The van der Waals surface area contributed by atoms with Crippen LogP contribution in [0.15, 0.2) is 48.8 Å². The zero-order chi connectivity index (χ0) is 17.6. The van der Waals surface area contributed by atoms with Crippen molar-refractivity contribution in [2.75, 3.05) is 5.32 Å². The number of hydrogen-bond acceptors (Lipinski definition) is 4. The summed E-state index contributed by atoms with van der Waals surface area (Å²) >= 11 is 0. The number of benzene rings is 1. The number of hydrogen-bond donors (Lipinski definition) is 2. The average Bonchev–Trinajstić information content (AvgIpc) is 3.28. The molecule has 2 aromatic rings. The van der Waals surface area contributed by atoms with E-state index in [9.17, 15) is 14.4 Å². The molecule has 1 aromatic carbocycles. The van der Waals surface area contributed by atoms with Crippen LogP contribution >= 0.6 is 0 Å². The number of carbonyl (C=O) groups is 3. The molecule has 1 unspecified atom stereocenters. The quantitative estimate of drug-likeness (QED) is 0.895. The van der Waals surface area contributed by atoms with Crippen molar-refractivity contribution in [2.45, 2.75) is 13.5 Å². The Morgan fingerprint density at radius 1 is 1.20 bits per heavy atom. The smallest absolute Gasteiger partial charge is 0.229 e. The van der Waals surface area contributed by atoms with Gasteiger partial charge in [0.05, 0.1) is 22.9 Å². The Morgan fingerprint density at radius 2 is 1.92 bits per heavy atom. The predicted octanol–water partition coefficient (Wildman–Crippen LogP) is 1.79. The van der Waals surface area contributed by atoms with Crippen LogP contribution in [0.25, 0.3) is 0 Å². The van der Waals surface area contributed by atoms with Gasteiger partial charge >= 0.3 is 0 Å². The first-order valence-electron chi connectivity index (χ1n) is 8.15. The van der Waals surface area contributed by atoms with Crippen LogP contribution in [-0.4, -0.2) is 22.6 Å². The van der Waals surface area contributed by atoms with E-state index >= 15 is 0 Å². The molecule has 1 saturated carbocycles. The monoisotopic (exact) mass is 335 g/mol. The molecule has 0 saturated heterocycles. The highest BCUT2D eigenvalue weighted by molar-refractivity contribution is 6.19. The van der Waals surface area contributed by atoms with E-state index in [-0.39, 0.29) is 17.6 Å². The van der Waals surface area contributed by atoms with Crippen LogP contribution in [0.4, 0.5) is 5.69 Å². The molecule has 1 aliphatic carbocycles. The molecule has 1 aliphatic heterocycles. The first-order chi connectivity index (χ1) is 12.0. The minimum Gasteiger partial charge on any atom is -0.352 e. The number of carbonyl (C=O) groups excluding carboxylic acids is 3. The van der Waals surface area contributed by atoms with Gasteiger partial charge < -0.3 is 10.6 Å². The standard InChI is InChI=1S/C19H17N3O3/c1-19-14(17(24)21-10-11-6-8-20-9-7-11)15(19)18(25)22-13-5-3-2-4-12(13)16(19)23/h2-9,14-15H,10H2,1H3,(H,21,24)(H,22,25)/t14-,15?,19+/m0/s1. The average molecular weight is 335 g/mol. The van der Waals surface area contributed by atoms with Crippen molar-refractivity contribution in [3.63, 3.8) is 0 Å². The molecule has 6 heteroatoms. The highest BCUT2D eigenvalue weighted by atomic mass is 16.2. The zero-order valence-corrected chi connectivity index (χ0v) is 13.7. The molecule has 2 N–H and O–H groups in total. The third-order valence-corrected chi connectivity index (χ3v) is 5.22. The van der Waals surface area contributed by atoms with E-state index < -0.39 is 17.3 Å². The number of nitrogens with zero attached hydrogens (tertiary/aromatic N) is 1. The van der Waals surface area contributed by atoms with Gasteiger partial charge in [0.15, 0.2) is 5.78 Å². The summed E-state index contributed by atoms with van der Waals surface area (Å²) in [5, 5.41) is 5.61. The van der Waals surface area contributed by atoms with E-state index in [1.807, 2.05) is 0 Å². The molecule has 1 aromatic heterocycles. The molecule has 4 rings (SSSR count). The molecular weight excluding hydrogens is 318 g/mol. The number of rotatable bonds is 3. The van der Waals surface area contributed by atoms with Crippen molar-refractivity contribution in [3.8, 4) is 0 Å². The van der Waals surface area contributed by atoms with E-state index in [1.54, 1.807) is 55.7 Å². The van der Waals surface area contributed by atoms with Gasteiger partial charge in [-0.25, -0.2) is 0 Å². The Bertz CT molecular complexity index is 880. The Kier molecular flexibility index (Phi) is 3.42. The fraction of sp³-hybridized carbons (Fsp3) is 0.263. The number of para-hydroxylation sites is 1. The summed E-state index contributed by atoms with van der Waals surface area (Å²) in [7, 11) is 0. The van der Waals surface area contributed by atoms with E-state index in [1.165, 1.54) is 0 Å². The number of amides is 2. The van der Waals surface area contributed by atoms with Crippen molar-refractivity contribution < 1.29 is 14.4 Å². The first-order valence-corrected chi connectivity index (χ1v) is 8.15. The Morgan fingerprint density at radius 3 is 2.68 bits per heavy atom. The molecule has 1 fully saturated rings. The van der Waals surface area contributed by atoms with Gasteiger partial charge in [0.1, 0.15) is 0 Å². The van der Waals surface area contributed by atoms with E-state index in [0.717, 1.165) is 5.56 Å². The van der Waals surface area contributed by atoms with Crippen LogP contribution in [0.2, 0.25) is 0 Å². The molecule has 2 heterocycles. The summed E-state index contributed by atoms with van der Waals surface area (Å²) in [5.74, 6) is -1.98. The predicted molar refractivity (Wildman–Crippen MR) is 90.6 cm³/mol. The van der Waals surface area contributed by atoms with Crippen molar-refractivity contribution in [1.82, 2.24) is 10.3 Å². The minimum atomic E-state index is -0.987. The van der Waals surface area contributed by atoms with Crippen LogP contribution in [0.5, 0.6) is 0 Å². The molecule has 3 atom stereocenters. The van der Waals surface area contributed by atoms with Gasteiger partial charge in [-0.3, -0.25) is 19.4 Å². The summed E-state index contributed by atoms with van der Waals surface area (Å²) in [5.41, 5.74) is 0.904. The summed E-state index contributed by atoms with van der Waals surface area (Å²) < 4.78 is 0. The number of anilines is 1. The van der Waals surface area contributed by atoms with Gasteiger partial charge in [-0.05, 0) is 29.8 Å². The number of pyridine rings is 1. The van der Waals surface area contributed by atoms with Crippen LogP contribution in [0.3, 0.4) is 0 Å². The van der Waals surface area contributed by atoms with Gasteiger partial charge in [0.25, 0.3) is 0 Å². The maximum Gasteiger partial charge on any atom is 0.229 e. The Hall–Kier alpha value is -3.02. The van der Waals surface area contributed by atoms with Crippen molar-refractivity contribution in [2.24, 2.45) is 17.3 Å². The number of Topliss-reactive ketones (excluding diaryl/α,β-unsaturated/α-hetero) is 1. The highest BCUT2D eigenvalue weighted by Gasteiger charge is 2.73. The van der Waals surface area contributed by atoms with Crippen LogP contribution in [0.1, 0.15) is 22.8 Å². The summed E-state index contributed by atoms with van der Waals surface area (Å²) in [6.45, 7) is 2.05. The minimum absolute atomic E-state index is 0.157. The lowest BCUT2D eigenvalue weighted by Crippen LogP contribution is -2.29. The maximum atomic E-state index is 13.0. The number of ketones is 1. The molecule has 0 radical (unpaired) electrons. The SMILES string of the molecule is C[C@]12C(=O)c3ccccc3NC(=O)C1[C@H]2C(=O)NCc1ccncc1. The first kappa shape index (κ1) is 15.5. The van der Waals surface area contributed by atoms with Crippen LogP contribution in [0, 0.1) is 17.3 Å². The fourth-order valence-corrected chi connectivity index (χ4v) is 3.73. The molecule has 2 amide bonds. The van der Waals surface area contributed by atoms with Gasteiger partial charge in [0.2, 0.25) is 11.8 Å². The highest BCUT2D eigenvalue weighted by Crippen LogP contribution is 2.62. The molecule has 25 heavy (non-hydrogen) atoms. The maximum absolute atomic E-state index is 13.0. The van der Waals surface area contributed by atoms with Crippen LogP contribution < -0.4 is 10.6 Å². The van der Waals surface area contributed by atoms with Gasteiger partial charge in [-0.2, -0.15) is 0 Å². The number of aromatic nitrogens is 1. The van der Waals surface area contributed by atoms with E-state index in [4.69, 9.17) is 0 Å². The largest absolute Gasteiger partial charge is 0.352 e. The number of nitrogens with one attached hydrogen (secondary N) is 2. The third-order valence-electron chi connectivity index (χ3n) is 5.22. The Balaban J connectivity index is 1.57. The van der Waals surface area contributed by atoms with E-state index in [0.29, 0.717) is 17.8 Å². The summed E-state index contributed by atoms with van der Waals surface area (Å²) in [6, 6.07) is 10.5. The van der Waals surface area contributed by atoms with Crippen LogP contribution in [-0.2, 0) is 16.1 Å². The molecule has 6 nitrogen and oxygen atoms in total. The van der Waals surface area contributed by atoms with Gasteiger partial charge in [-0.1, -0.05) is 19.1 Å². The molecule has 126 valence electrons. The lowest BCUT2D eigenvalue weighted by atomic mass is 9.92. The normalized spacial score (nSPS) is 26.8.